The highest BCUT2D eigenvalue weighted by molar-refractivity contribution is 6.74. The standard InChI is InChI=1S/C25H40O4Si2/c1-24(2,3)30(7,8)28-21(18-20-16-17-22(26)27-20)23(19-14-12-11-13-15-19)29-31(9,10)25(4,5)6/h11-18,21,23H,1-10H3/b20-18-/t21-,23+/m0/s1. The molecule has 0 fully saturated rings. The average Bonchev–Trinajstić information content (AvgIpc) is 3.02. The fraction of sp³-hybridized carbons (Fsp3) is 0.560. The lowest BCUT2D eigenvalue weighted by atomic mass is 10.0. The van der Waals surface area contributed by atoms with Gasteiger partial charge in [-0.25, -0.2) is 4.79 Å². The molecule has 0 bridgehead atoms. The van der Waals surface area contributed by atoms with Gasteiger partial charge in [-0.2, -0.15) is 0 Å². The summed E-state index contributed by atoms with van der Waals surface area (Å²) < 4.78 is 19.3. The molecule has 1 aromatic rings. The maximum Gasteiger partial charge on any atom is 0.336 e. The Morgan fingerprint density at radius 1 is 0.839 bits per heavy atom. The lowest BCUT2D eigenvalue weighted by Crippen LogP contribution is -2.48. The van der Waals surface area contributed by atoms with Crippen LogP contribution >= 0.6 is 0 Å². The smallest absolute Gasteiger partial charge is 0.336 e. The maximum atomic E-state index is 11.7. The van der Waals surface area contributed by atoms with Crippen LogP contribution in [0.15, 0.2) is 54.3 Å². The third-order valence-electron chi connectivity index (χ3n) is 6.82. The van der Waals surface area contributed by atoms with E-state index in [2.05, 4.69) is 79.9 Å². The zero-order valence-corrected chi connectivity index (χ0v) is 22.9. The van der Waals surface area contributed by atoms with Crippen LogP contribution in [0.5, 0.6) is 0 Å². The van der Waals surface area contributed by atoms with Crippen molar-refractivity contribution < 1.29 is 18.4 Å². The molecule has 2 rings (SSSR count). The largest absolute Gasteiger partial charge is 0.424 e. The van der Waals surface area contributed by atoms with Gasteiger partial charge in [-0.3, -0.25) is 0 Å². The molecule has 1 aliphatic heterocycles. The summed E-state index contributed by atoms with van der Waals surface area (Å²) in [5.74, 6) is 0.173. The van der Waals surface area contributed by atoms with Crippen molar-refractivity contribution in [2.45, 2.75) is 90.0 Å². The molecule has 4 nitrogen and oxygen atoms in total. The Labute approximate surface area is 190 Å². The minimum atomic E-state index is -2.15. The van der Waals surface area contributed by atoms with Crippen LogP contribution in [0.25, 0.3) is 0 Å². The monoisotopic (exact) mass is 460 g/mol. The van der Waals surface area contributed by atoms with Crippen molar-refractivity contribution >= 4 is 22.6 Å². The number of hydrogen-bond acceptors (Lipinski definition) is 4. The van der Waals surface area contributed by atoms with Crippen molar-refractivity contribution in [3.63, 3.8) is 0 Å². The normalized spacial score (nSPS) is 18.9. The van der Waals surface area contributed by atoms with Crippen LogP contribution < -0.4 is 0 Å². The van der Waals surface area contributed by atoms with E-state index in [0.717, 1.165) is 5.56 Å². The molecule has 0 saturated heterocycles. The number of carbonyl (C=O) groups excluding carboxylic acids is 1. The van der Waals surface area contributed by atoms with E-state index in [1.807, 2.05) is 24.3 Å². The van der Waals surface area contributed by atoms with E-state index in [0.29, 0.717) is 5.76 Å². The van der Waals surface area contributed by atoms with Crippen molar-refractivity contribution in [3.8, 4) is 0 Å². The van der Waals surface area contributed by atoms with Crippen molar-refractivity contribution in [3.05, 3.63) is 59.9 Å². The van der Waals surface area contributed by atoms with Crippen LogP contribution in [0.4, 0.5) is 0 Å². The van der Waals surface area contributed by atoms with Crippen molar-refractivity contribution in [2.24, 2.45) is 0 Å². The minimum Gasteiger partial charge on any atom is -0.424 e. The number of benzene rings is 1. The second-order valence-electron chi connectivity index (χ2n) is 11.4. The average molecular weight is 461 g/mol. The lowest BCUT2D eigenvalue weighted by molar-refractivity contribution is -0.132. The van der Waals surface area contributed by atoms with Gasteiger partial charge in [0, 0.05) is 6.08 Å². The summed E-state index contributed by atoms with van der Waals surface area (Å²) in [5.41, 5.74) is 1.07. The van der Waals surface area contributed by atoms with E-state index in [4.69, 9.17) is 13.6 Å². The summed E-state index contributed by atoms with van der Waals surface area (Å²) in [4.78, 5) is 11.7. The van der Waals surface area contributed by atoms with Crippen molar-refractivity contribution in [2.75, 3.05) is 0 Å². The van der Waals surface area contributed by atoms with Gasteiger partial charge in [-0.15, -0.1) is 0 Å². The third-order valence-corrected chi connectivity index (χ3v) is 15.8. The summed E-state index contributed by atoms with van der Waals surface area (Å²) in [7, 11) is -4.27. The highest BCUT2D eigenvalue weighted by Gasteiger charge is 2.45. The summed E-state index contributed by atoms with van der Waals surface area (Å²) in [6.45, 7) is 22.4. The SMILES string of the molecule is CC(C)(C)[Si](C)(C)O[C@@H](/C=C1/C=CC(=O)O1)[C@H](O[Si](C)(C)C(C)(C)C)c1ccccc1. The van der Waals surface area contributed by atoms with Crippen LogP contribution in [0, 0.1) is 0 Å². The zero-order chi connectivity index (χ0) is 23.7. The molecule has 0 amide bonds. The van der Waals surface area contributed by atoms with E-state index in [1.54, 1.807) is 6.08 Å². The predicted molar refractivity (Wildman–Crippen MR) is 133 cm³/mol. The zero-order valence-electron chi connectivity index (χ0n) is 20.9. The molecule has 31 heavy (non-hydrogen) atoms. The highest BCUT2D eigenvalue weighted by atomic mass is 28.4. The van der Waals surface area contributed by atoms with Gasteiger partial charge in [0.2, 0.25) is 0 Å². The molecular weight excluding hydrogens is 420 g/mol. The van der Waals surface area contributed by atoms with E-state index in [-0.39, 0.29) is 28.3 Å². The Bertz CT molecular complexity index is 827. The van der Waals surface area contributed by atoms with Gasteiger partial charge in [-0.1, -0.05) is 71.9 Å². The van der Waals surface area contributed by atoms with Crippen LogP contribution in [0.1, 0.15) is 53.2 Å². The van der Waals surface area contributed by atoms with E-state index in [1.165, 1.54) is 6.08 Å². The molecule has 1 aromatic carbocycles. The molecule has 0 N–H and O–H groups in total. The molecule has 0 aliphatic carbocycles. The van der Waals surface area contributed by atoms with Gasteiger partial charge >= 0.3 is 5.97 Å². The second-order valence-corrected chi connectivity index (χ2v) is 20.9. The summed E-state index contributed by atoms with van der Waals surface area (Å²) in [6, 6.07) is 10.3. The molecule has 6 heteroatoms. The number of esters is 1. The van der Waals surface area contributed by atoms with Crippen molar-refractivity contribution in [1.29, 1.82) is 0 Å². The predicted octanol–water partition coefficient (Wildman–Crippen LogP) is 7.14. The Morgan fingerprint density at radius 2 is 1.35 bits per heavy atom. The summed E-state index contributed by atoms with van der Waals surface area (Å²) in [6.07, 6.45) is 4.41. The number of cyclic esters (lactones) is 1. The van der Waals surface area contributed by atoms with Gasteiger partial charge in [-0.05, 0) is 54.0 Å². The second kappa shape index (κ2) is 9.18. The van der Waals surface area contributed by atoms with Gasteiger partial charge in [0.05, 0.1) is 12.2 Å². The van der Waals surface area contributed by atoms with E-state index in [9.17, 15) is 4.79 Å². The maximum absolute atomic E-state index is 11.7. The first-order chi connectivity index (χ1) is 14.0. The quantitative estimate of drug-likeness (QED) is 0.320. The van der Waals surface area contributed by atoms with Crippen molar-refractivity contribution in [1.82, 2.24) is 0 Å². The Kier molecular flexibility index (Phi) is 7.63. The molecule has 1 heterocycles. The molecule has 1 aliphatic rings. The fourth-order valence-electron chi connectivity index (χ4n) is 2.75. The van der Waals surface area contributed by atoms with Gasteiger partial charge in [0.15, 0.2) is 16.6 Å². The van der Waals surface area contributed by atoms with Gasteiger partial charge in [0.25, 0.3) is 0 Å². The van der Waals surface area contributed by atoms with E-state index >= 15 is 0 Å². The van der Waals surface area contributed by atoms with Gasteiger partial charge in [0.1, 0.15) is 5.76 Å². The van der Waals surface area contributed by atoms with Crippen LogP contribution in [0.2, 0.25) is 36.3 Å². The molecule has 0 aromatic heterocycles. The number of hydrogen-bond donors (Lipinski definition) is 0. The third kappa shape index (κ3) is 6.51. The first-order valence-corrected chi connectivity index (χ1v) is 16.9. The molecule has 0 unspecified atom stereocenters. The molecule has 0 saturated carbocycles. The Balaban J connectivity index is 2.57. The highest BCUT2D eigenvalue weighted by Crippen LogP contribution is 2.44. The summed E-state index contributed by atoms with van der Waals surface area (Å²) in [5, 5.41) is 0.0819. The van der Waals surface area contributed by atoms with Crippen LogP contribution in [-0.2, 0) is 18.4 Å². The molecule has 0 spiro atoms. The topological polar surface area (TPSA) is 44.8 Å². The first-order valence-electron chi connectivity index (χ1n) is 11.1. The van der Waals surface area contributed by atoms with Crippen LogP contribution in [0.3, 0.4) is 0 Å². The Morgan fingerprint density at radius 3 is 1.81 bits per heavy atom. The number of ether oxygens (including phenoxy) is 1. The number of rotatable bonds is 7. The first kappa shape index (κ1) is 25.8. The molecule has 0 radical (unpaired) electrons. The minimum absolute atomic E-state index is 0.0319. The molecule has 2 atom stereocenters. The fourth-order valence-corrected chi connectivity index (χ4v) is 5.23. The number of carbonyl (C=O) groups is 1. The number of allylic oxidation sites excluding steroid dienone is 1. The summed E-state index contributed by atoms with van der Waals surface area (Å²) >= 11 is 0. The molecular formula is C25H40O4Si2. The van der Waals surface area contributed by atoms with E-state index < -0.39 is 16.6 Å². The van der Waals surface area contributed by atoms with Crippen LogP contribution in [-0.4, -0.2) is 28.7 Å². The Hall–Kier alpha value is -1.48. The molecule has 172 valence electrons. The lowest BCUT2D eigenvalue weighted by Gasteiger charge is -2.44. The van der Waals surface area contributed by atoms with Gasteiger partial charge < -0.3 is 13.6 Å².